The van der Waals surface area contributed by atoms with Gasteiger partial charge in [0, 0.05) is 18.0 Å². The van der Waals surface area contributed by atoms with Crippen LogP contribution in [0.5, 0.6) is 0 Å². The van der Waals surface area contributed by atoms with Gasteiger partial charge in [0.25, 0.3) is 0 Å². The van der Waals surface area contributed by atoms with Crippen LogP contribution in [0.4, 0.5) is 0 Å². The smallest absolute Gasteiger partial charge is 0.0958 e. The molecule has 20 heavy (non-hydrogen) atoms. The van der Waals surface area contributed by atoms with Crippen LogP contribution < -0.4 is 0 Å². The fraction of sp³-hybridized carbons (Fsp3) is 0. The van der Waals surface area contributed by atoms with E-state index in [4.69, 9.17) is 0 Å². The Bertz CT molecular complexity index is 704. The van der Waals surface area contributed by atoms with Gasteiger partial charge in [-0.2, -0.15) is 0 Å². The third kappa shape index (κ3) is 2.81. The topological polar surface area (TPSA) is 25.8 Å². The second-order valence-electron chi connectivity index (χ2n) is 4.40. The van der Waals surface area contributed by atoms with Crippen molar-refractivity contribution in [3.63, 3.8) is 0 Å². The Morgan fingerprint density at radius 3 is 2.25 bits per heavy atom. The van der Waals surface area contributed by atoms with Gasteiger partial charge >= 0.3 is 0 Å². The first-order chi connectivity index (χ1) is 9.93. The predicted molar refractivity (Wildman–Crippen MR) is 82.8 cm³/mol. The molecule has 0 saturated carbocycles. The second-order valence-corrected chi connectivity index (χ2v) is 4.40. The average molecular weight is 258 g/mol. The summed E-state index contributed by atoms with van der Waals surface area (Å²) in [4.78, 5) is 8.82. The van der Waals surface area contributed by atoms with Crippen molar-refractivity contribution in [1.29, 1.82) is 0 Å². The molecule has 2 aromatic heterocycles. The predicted octanol–water partition coefficient (Wildman–Crippen LogP) is 4.31. The first-order valence-corrected chi connectivity index (χ1v) is 6.53. The van der Waals surface area contributed by atoms with Crippen molar-refractivity contribution in [1.82, 2.24) is 9.97 Å². The summed E-state index contributed by atoms with van der Waals surface area (Å²) in [7, 11) is 0. The van der Waals surface area contributed by atoms with E-state index >= 15 is 0 Å². The molecule has 2 nitrogen and oxygen atoms in total. The van der Waals surface area contributed by atoms with Crippen LogP contribution in [-0.2, 0) is 0 Å². The summed E-state index contributed by atoms with van der Waals surface area (Å²) in [5.41, 5.74) is 4.03. The van der Waals surface area contributed by atoms with Crippen molar-refractivity contribution in [2.45, 2.75) is 0 Å². The molecule has 2 heterocycles. The Balaban J connectivity index is 1.97. The molecule has 0 aliphatic carbocycles. The van der Waals surface area contributed by atoms with Crippen molar-refractivity contribution in [3.8, 4) is 11.4 Å². The van der Waals surface area contributed by atoms with Gasteiger partial charge in [-0.3, -0.25) is 9.97 Å². The second kappa shape index (κ2) is 5.93. The summed E-state index contributed by atoms with van der Waals surface area (Å²) in [6, 6.07) is 20.1. The molecule has 3 rings (SSSR count). The normalized spacial score (nSPS) is 10.8. The van der Waals surface area contributed by atoms with E-state index in [-0.39, 0.29) is 0 Å². The summed E-state index contributed by atoms with van der Waals surface area (Å²) >= 11 is 0. The Hall–Kier alpha value is -2.74. The minimum Gasteiger partial charge on any atom is -0.255 e. The number of hydrogen-bond acceptors (Lipinski definition) is 2. The lowest BCUT2D eigenvalue weighted by Crippen LogP contribution is -1.89. The zero-order valence-electron chi connectivity index (χ0n) is 11.0. The van der Waals surface area contributed by atoms with Crippen LogP contribution in [0.2, 0.25) is 0 Å². The molecule has 0 aliphatic heterocycles. The van der Waals surface area contributed by atoms with Gasteiger partial charge in [0.1, 0.15) is 0 Å². The third-order valence-electron chi connectivity index (χ3n) is 3.00. The minimum atomic E-state index is 0.890. The summed E-state index contributed by atoms with van der Waals surface area (Å²) < 4.78 is 0. The number of aromatic nitrogens is 2. The summed E-state index contributed by atoms with van der Waals surface area (Å²) in [5.74, 6) is 0. The average Bonchev–Trinajstić information content (AvgIpc) is 2.55. The molecule has 0 atom stereocenters. The molecule has 0 saturated heterocycles. The van der Waals surface area contributed by atoms with Gasteiger partial charge in [0.05, 0.1) is 11.4 Å². The van der Waals surface area contributed by atoms with Gasteiger partial charge in [0.2, 0.25) is 0 Å². The van der Waals surface area contributed by atoms with Gasteiger partial charge in [-0.1, -0.05) is 54.6 Å². The molecule has 0 radical (unpaired) electrons. The van der Waals surface area contributed by atoms with E-state index in [1.165, 1.54) is 5.56 Å². The molecule has 0 unspecified atom stereocenters. The Morgan fingerprint density at radius 2 is 1.45 bits per heavy atom. The van der Waals surface area contributed by atoms with Crippen molar-refractivity contribution in [3.05, 3.63) is 84.2 Å². The number of benzene rings is 1. The fourth-order valence-corrected chi connectivity index (χ4v) is 2.02. The maximum Gasteiger partial charge on any atom is 0.0958 e. The number of nitrogens with zero attached hydrogens (tertiary/aromatic N) is 2. The van der Waals surface area contributed by atoms with Gasteiger partial charge in [-0.05, 0) is 23.8 Å². The first kappa shape index (κ1) is 12.3. The van der Waals surface area contributed by atoms with Crippen molar-refractivity contribution < 1.29 is 0 Å². The van der Waals surface area contributed by atoms with Crippen LogP contribution in [0.3, 0.4) is 0 Å². The maximum atomic E-state index is 4.45. The van der Waals surface area contributed by atoms with Gasteiger partial charge in [-0.15, -0.1) is 0 Å². The fourth-order valence-electron chi connectivity index (χ4n) is 2.02. The molecular weight excluding hydrogens is 244 g/mol. The minimum absolute atomic E-state index is 0.890. The molecule has 0 N–H and O–H groups in total. The molecular formula is C18H14N2. The van der Waals surface area contributed by atoms with E-state index in [1.807, 2.05) is 42.5 Å². The van der Waals surface area contributed by atoms with E-state index < -0.39 is 0 Å². The zero-order chi connectivity index (χ0) is 13.6. The molecule has 0 aliphatic rings. The van der Waals surface area contributed by atoms with Crippen molar-refractivity contribution >= 4 is 12.2 Å². The van der Waals surface area contributed by atoms with Crippen LogP contribution in [0.15, 0.2) is 73.1 Å². The highest BCUT2D eigenvalue weighted by Crippen LogP contribution is 2.20. The summed E-state index contributed by atoms with van der Waals surface area (Å²) in [5, 5.41) is 0. The van der Waals surface area contributed by atoms with Crippen LogP contribution in [0.25, 0.3) is 23.5 Å². The zero-order valence-corrected chi connectivity index (χ0v) is 11.0. The molecule has 0 spiro atoms. The Morgan fingerprint density at radius 1 is 0.650 bits per heavy atom. The van der Waals surface area contributed by atoms with Crippen molar-refractivity contribution in [2.75, 3.05) is 0 Å². The van der Waals surface area contributed by atoms with Gasteiger partial charge in [-0.25, -0.2) is 0 Å². The first-order valence-electron chi connectivity index (χ1n) is 6.53. The number of pyridine rings is 2. The largest absolute Gasteiger partial charge is 0.255 e. The highest BCUT2D eigenvalue weighted by molar-refractivity contribution is 5.77. The lowest BCUT2D eigenvalue weighted by atomic mass is 10.1. The van der Waals surface area contributed by atoms with Crippen molar-refractivity contribution in [2.24, 2.45) is 0 Å². The monoisotopic (exact) mass is 258 g/mol. The number of rotatable bonds is 3. The molecule has 0 bridgehead atoms. The Kier molecular flexibility index (Phi) is 3.65. The quantitative estimate of drug-likeness (QED) is 0.699. The molecule has 0 fully saturated rings. The van der Waals surface area contributed by atoms with E-state index in [1.54, 1.807) is 12.4 Å². The standard InChI is InChI=1S/C18H14N2/c1-2-7-15(8-3-1)11-12-16-9-6-14-20-18(16)17-10-4-5-13-19-17/h1-14H/b12-11+. The van der Waals surface area contributed by atoms with Crippen LogP contribution in [0, 0.1) is 0 Å². The lowest BCUT2D eigenvalue weighted by molar-refractivity contribution is 1.24. The molecule has 96 valence electrons. The van der Waals surface area contributed by atoms with E-state index in [0.29, 0.717) is 0 Å². The Labute approximate surface area is 118 Å². The van der Waals surface area contributed by atoms with Gasteiger partial charge < -0.3 is 0 Å². The van der Waals surface area contributed by atoms with Crippen LogP contribution in [-0.4, -0.2) is 9.97 Å². The summed E-state index contributed by atoms with van der Waals surface area (Å²) in [6.45, 7) is 0. The SMILES string of the molecule is C(=C\c1cccnc1-c1ccccn1)/c1ccccc1. The third-order valence-corrected chi connectivity index (χ3v) is 3.00. The van der Waals surface area contributed by atoms with E-state index in [0.717, 1.165) is 17.0 Å². The highest BCUT2D eigenvalue weighted by Gasteiger charge is 2.04. The van der Waals surface area contributed by atoms with E-state index in [2.05, 4.69) is 40.3 Å². The molecule has 1 aromatic carbocycles. The van der Waals surface area contributed by atoms with E-state index in [9.17, 15) is 0 Å². The van der Waals surface area contributed by atoms with Gasteiger partial charge in [0.15, 0.2) is 0 Å². The van der Waals surface area contributed by atoms with Crippen LogP contribution in [0.1, 0.15) is 11.1 Å². The van der Waals surface area contributed by atoms with Crippen LogP contribution >= 0.6 is 0 Å². The maximum absolute atomic E-state index is 4.45. The molecule has 0 amide bonds. The number of hydrogen-bond donors (Lipinski definition) is 0. The molecule has 2 heteroatoms. The lowest BCUT2D eigenvalue weighted by Gasteiger charge is -2.03. The summed E-state index contributed by atoms with van der Waals surface area (Å²) in [6.07, 6.45) is 7.74. The highest BCUT2D eigenvalue weighted by atomic mass is 14.8. The molecule has 3 aromatic rings.